The van der Waals surface area contributed by atoms with Crippen LogP contribution in [0.4, 0.5) is 10.1 Å². The minimum absolute atomic E-state index is 0.0577. The highest BCUT2D eigenvalue weighted by atomic mass is 32.2. The second kappa shape index (κ2) is 5.35. The summed E-state index contributed by atoms with van der Waals surface area (Å²) in [5.41, 5.74) is 5.86. The van der Waals surface area contributed by atoms with Gasteiger partial charge >= 0.3 is 4.87 Å². The normalized spacial score (nSPS) is 11.7. The van der Waals surface area contributed by atoms with E-state index in [1.165, 1.54) is 12.3 Å². The lowest BCUT2D eigenvalue weighted by Crippen LogP contribution is -2.24. The number of nitrogens with two attached hydrogens (primary N) is 1. The summed E-state index contributed by atoms with van der Waals surface area (Å²) in [5.74, 6) is -0.663. The maximum atomic E-state index is 13.2. The number of halogens is 1. The van der Waals surface area contributed by atoms with Crippen LogP contribution in [0.25, 0.3) is 0 Å². The smallest absolute Gasteiger partial charge is 0.304 e. The van der Waals surface area contributed by atoms with E-state index in [1.807, 2.05) is 0 Å². The van der Waals surface area contributed by atoms with Gasteiger partial charge in [-0.05, 0) is 24.6 Å². The second-order valence-electron chi connectivity index (χ2n) is 4.14. The minimum atomic E-state index is -3.83. The number of hydrogen-bond donors (Lipinski definition) is 3. The Bertz CT molecular complexity index is 795. The summed E-state index contributed by atoms with van der Waals surface area (Å²) >= 11 is 0.943. The monoisotopic (exact) mass is 317 g/mol. The van der Waals surface area contributed by atoms with Crippen molar-refractivity contribution in [3.8, 4) is 0 Å². The molecule has 9 heteroatoms. The molecule has 1 heterocycles. The van der Waals surface area contributed by atoms with E-state index in [0.717, 1.165) is 23.5 Å². The van der Waals surface area contributed by atoms with Crippen LogP contribution in [-0.2, 0) is 16.6 Å². The van der Waals surface area contributed by atoms with E-state index in [-0.39, 0.29) is 27.6 Å². The van der Waals surface area contributed by atoms with E-state index in [1.54, 1.807) is 0 Å². The number of anilines is 1. The molecule has 0 aliphatic heterocycles. The average Bonchev–Trinajstić information content (AvgIpc) is 2.77. The van der Waals surface area contributed by atoms with Gasteiger partial charge in [-0.25, -0.2) is 17.5 Å². The van der Waals surface area contributed by atoms with Crippen LogP contribution in [0, 0.1) is 12.7 Å². The molecule has 4 N–H and O–H groups in total. The Kier molecular flexibility index (Phi) is 3.93. The maximum absolute atomic E-state index is 13.2. The Morgan fingerprint density at radius 1 is 1.45 bits per heavy atom. The van der Waals surface area contributed by atoms with Crippen molar-refractivity contribution >= 4 is 27.0 Å². The summed E-state index contributed by atoms with van der Waals surface area (Å²) in [4.78, 5) is 13.1. The fourth-order valence-electron chi connectivity index (χ4n) is 1.61. The summed E-state index contributed by atoms with van der Waals surface area (Å²) in [5, 5.41) is 1.52. The third kappa shape index (κ3) is 3.06. The summed E-state index contributed by atoms with van der Waals surface area (Å²) in [6.45, 7) is 1.42. The predicted octanol–water partition coefficient (Wildman–Crippen LogP) is 0.945. The Labute approximate surface area is 118 Å². The van der Waals surface area contributed by atoms with E-state index < -0.39 is 15.8 Å². The van der Waals surface area contributed by atoms with E-state index in [2.05, 4.69) is 9.71 Å². The van der Waals surface area contributed by atoms with E-state index in [4.69, 9.17) is 5.73 Å². The zero-order valence-electron chi connectivity index (χ0n) is 10.4. The van der Waals surface area contributed by atoms with Gasteiger partial charge in [-0.3, -0.25) is 4.79 Å². The summed E-state index contributed by atoms with van der Waals surface area (Å²) in [6.07, 6.45) is 0. The molecule has 0 aliphatic rings. The second-order valence-corrected chi connectivity index (χ2v) is 6.71. The highest BCUT2D eigenvalue weighted by Crippen LogP contribution is 2.21. The topological polar surface area (TPSA) is 105 Å². The number of nitrogen functional groups attached to an aromatic ring is 1. The van der Waals surface area contributed by atoms with Crippen LogP contribution < -0.4 is 15.3 Å². The van der Waals surface area contributed by atoms with Crippen molar-refractivity contribution in [2.24, 2.45) is 0 Å². The van der Waals surface area contributed by atoms with Gasteiger partial charge in [-0.2, -0.15) is 0 Å². The average molecular weight is 317 g/mol. The lowest BCUT2D eigenvalue weighted by Gasteiger charge is -2.10. The molecule has 0 fully saturated rings. The number of sulfonamides is 1. The molecule has 0 spiro atoms. The SMILES string of the molecule is Cc1cc(F)c(N)cc1S(=O)(=O)NCc1csc(=O)[nH]1. The standard InChI is InChI=1S/C11H12FN3O3S2/c1-6-2-8(12)9(13)3-10(6)20(17,18)14-4-7-5-19-11(16)15-7/h2-3,5,14H,4,13H2,1H3,(H,15,16). The highest BCUT2D eigenvalue weighted by Gasteiger charge is 2.18. The number of thiazole rings is 1. The molecule has 108 valence electrons. The first-order valence-electron chi connectivity index (χ1n) is 5.51. The molecule has 2 rings (SSSR count). The first kappa shape index (κ1) is 14.7. The van der Waals surface area contributed by atoms with Crippen LogP contribution in [0.15, 0.2) is 27.2 Å². The van der Waals surface area contributed by atoms with Crippen molar-refractivity contribution in [1.82, 2.24) is 9.71 Å². The number of nitrogens with one attached hydrogen (secondary N) is 2. The molecule has 0 atom stereocenters. The molecule has 0 aliphatic carbocycles. The molecule has 6 nitrogen and oxygen atoms in total. The number of aromatic nitrogens is 1. The van der Waals surface area contributed by atoms with Crippen LogP contribution in [0.1, 0.15) is 11.3 Å². The molecule has 1 aromatic carbocycles. The van der Waals surface area contributed by atoms with Crippen molar-refractivity contribution in [1.29, 1.82) is 0 Å². The van der Waals surface area contributed by atoms with Crippen molar-refractivity contribution in [2.75, 3.05) is 5.73 Å². The number of benzene rings is 1. The van der Waals surface area contributed by atoms with Gasteiger partial charge in [-0.15, -0.1) is 0 Å². The Balaban J connectivity index is 2.26. The summed E-state index contributed by atoms with van der Waals surface area (Å²) < 4.78 is 39.8. The fourth-order valence-corrected chi connectivity index (χ4v) is 3.46. The molecule has 2 aromatic rings. The first-order chi connectivity index (χ1) is 9.29. The molecule has 20 heavy (non-hydrogen) atoms. The van der Waals surface area contributed by atoms with E-state index in [0.29, 0.717) is 5.69 Å². The largest absolute Gasteiger partial charge is 0.396 e. The van der Waals surface area contributed by atoms with E-state index in [9.17, 15) is 17.6 Å². The van der Waals surface area contributed by atoms with Gasteiger partial charge in [-0.1, -0.05) is 11.3 Å². The van der Waals surface area contributed by atoms with Crippen molar-refractivity contribution in [3.05, 3.63) is 44.3 Å². The molecule has 0 amide bonds. The third-order valence-electron chi connectivity index (χ3n) is 2.61. The van der Waals surface area contributed by atoms with Crippen molar-refractivity contribution in [2.45, 2.75) is 18.4 Å². The molecule has 0 radical (unpaired) electrons. The number of rotatable bonds is 4. The molecular weight excluding hydrogens is 305 g/mol. The fraction of sp³-hybridized carbons (Fsp3) is 0.182. The Morgan fingerprint density at radius 3 is 2.75 bits per heavy atom. The van der Waals surface area contributed by atoms with Crippen molar-refractivity contribution < 1.29 is 12.8 Å². The van der Waals surface area contributed by atoms with Gasteiger partial charge in [0.1, 0.15) is 5.82 Å². The van der Waals surface area contributed by atoms with Gasteiger partial charge in [0.25, 0.3) is 0 Å². The number of hydrogen-bond acceptors (Lipinski definition) is 5. The highest BCUT2D eigenvalue weighted by molar-refractivity contribution is 7.89. The van der Waals surface area contributed by atoms with E-state index >= 15 is 0 Å². The summed E-state index contributed by atoms with van der Waals surface area (Å²) in [7, 11) is -3.83. The molecule has 0 unspecified atom stereocenters. The van der Waals surface area contributed by atoms with Gasteiger partial charge in [0.15, 0.2) is 0 Å². The Morgan fingerprint density at radius 2 is 2.15 bits per heavy atom. The van der Waals surface area contributed by atoms with Gasteiger partial charge in [0.2, 0.25) is 10.0 Å². The maximum Gasteiger partial charge on any atom is 0.304 e. The van der Waals surface area contributed by atoms with Gasteiger partial charge < -0.3 is 10.7 Å². The van der Waals surface area contributed by atoms with Crippen LogP contribution in [0.2, 0.25) is 0 Å². The van der Waals surface area contributed by atoms with Crippen molar-refractivity contribution in [3.63, 3.8) is 0 Å². The number of aromatic amines is 1. The Hall–Kier alpha value is -1.71. The lowest BCUT2D eigenvalue weighted by atomic mass is 10.2. The van der Waals surface area contributed by atoms with Crippen LogP contribution >= 0.6 is 11.3 Å². The zero-order valence-corrected chi connectivity index (χ0v) is 12.1. The first-order valence-corrected chi connectivity index (χ1v) is 7.88. The molecular formula is C11H12FN3O3S2. The lowest BCUT2D eigenvalue weighted by molar-refractivity contribution is 0.579. The molecule has 0 bridgehead atoms. The minimum Gasteiger partial charge on any atom is -0.396 e. The number of H-pyrrole nitrogens is 1. The predicted molar refractivity (Wildman–Crippen MR) is 74.5 cm³/mol. The van der Waals surface area contributed by atoms with Gasteiger partial charge in [0.05, 0.1) is 17.1 Å². The van der Waals surface area contributed by atoms with Gasteiger partial charge in [0, 0.05) is 11.1 Å². The van der Waals surface area contributed by atoms with Crippen LogP contribution in [0.5, 0.6) is 0 Å². The summed E-state index contributed by atoms with van der Waals surface area (Å²) in [6, 6.07) is 2.14. The third-order valence-corrected chi connectivity index (χ3v) is 4.87. The molecule has 0 saturated carbocycles. The molecule has 1 aromatic heterocycles. The molecule has 0 saturated heterocycles. The van der Waals surface area contributed by atoms with Crippen LogP contribution in [-0.4, -0.2) is 13.4 Å². The zero-order chi connectivity index (χ0) is 14.9. The van der Waals surface area contributed by atoms with Crippen LogP contribution in [0.3, 0.4) is 0 Å². The quantitative estimate of drug-likeness (QED) is 0.730. The number of aryl methyl sites for hydroxylation is 1.